The Morgan fingerprint density at radius 1 is 1.23 bits per heavy atom. The zero-order valence-corrected chi connectivity index (χ0v) is 18.0. The third kappa shape index (κ3) is 4.49. The van der Waals surface area contributed by atoms with E-state index in [0.29, 0.717) is 57.2 Å². The molecule has 0 atom stereocenters. The van der Waals surface area contributed by atoms with Crippen LogP contribution in [0.15, 0.2) is 28.8 Å². The number of aromatic nitrogens is 2. The minimum Gasteiger partial charge on any atom is -0.497 e. The topological polar surface area (TPSA) is 106 Å². The van der Waals surface area contributed by atoms with Crippen molar-refractivity contribution in [1.82, 2.24) is 19.3 Å². The van der Waals surface area contributed by atoms with Gasteiger partial charge in [0.1, 0.15) is 5.75 Å². The number of amides is 1. The lowest BCUT2D eigenvalue weighted by Crippen LogP contribution is -2.49. The molecule has 0 aliphatic carbocycles. The molecule has 9 nitrogen and oxygen atoms in total. The first-order chi connectivity index (χ1) is 14.3. The van der Waals surface area contributed by atoms with Gasteiger partial charge in [-0.2, -0.15) is 4.98 Å². The van der Waals surface area contributed by atoms with Crippen LogP contribution >= 0.6 is 0 Å². The third-order valence-corrected chi connectivity index (χ3v) is 7.12. The predicted octanol–water partition coefficient (Wildman–Crippen LogP) is 1.39. The Bertz CT molecular complexity index is 1010. The van der Waals surface area contributed by atoms with E-state index >= 15 is 0 Å². The van der Waals surface area contributed by atoms with Crippen LogP contribution in [0.3, 0.4) is 0 Å². The molecular formula is C20H26N4O5S. The standard InChI is InChI=1S/C20H26N4O5S/c1-28-17-5-3-4-14(10-17)11-18(25)23-12-16(13-23)20-21-19(22-29-20)15-6-8-24(9-7-15)30(2,26)27/h3-5,10,15-16H,6-9,11-13H2,1-2H3. The Kier molecular flexibility index (Phi) is 5.79. The molecule has 0 radical (unpaired) electrons. The lowest BCUT2D eigenvalue weighted by atomic mass is 9.96. The smallest absolute Gasteiger partial charge is 0.233 e. The van der Waals surface area contributed by atoms with E-state index in [9.17, 15) is 13.2 Å². The molecule has 0 N–H and O–H groups in total. The van der Waals surface area contributed by atoms with Gasteiger partial charge in [-0.25, -0.2) is 12.7 Å². The van der Waals surface area contributed by atoms with Gasteiger partial charge in [0, 0.05) is 32.1 Å². The van der Waals surface area contributed by atoms with E-state index in [1.54, 1.807) is 12.0 Å². The molecule has 0 unspecified atom stereocenters. The lowest BCUT2D eigenvalue weighted by molar-refractivity contribution is -0.135. The average Bonchev–Trinajstić information content (AvgIpc) is 3.16. The lowest BCUT2D eigenvalue weighted by Gasteiger charge is -2.37. The number of methoxy groups -OCH3 is 1. The van der Waals surface area contributed by atoms with Gasteiger partial charge in [0.2, 0.25) is 21.8 Å². The Balaban J connectivity index is 1.28. The number of benzene rings is 1. The van der Waals surface area contributed by atoms with Crippen molar-refractivity contribution in [1.29, 1.82) is 0 Å². The van der Waals surface area contributed by atoms with E-state index in [2.05, 4.69) is 10.1 Å². The fourth-order valence-electron chi connectivity index (χ4n) is 3.93. The van der Waals surface area contributed by atoms with Crippen molar-refractivity contribution >= 4 is 15.9 Å². The van der Waals surface area contributed by atoms with Gasteiger partial charge in [-0.15, -0.1) is 0 Å². The maximum absolute atomic E-state index is 12.5. The Labute approximate surface area is 176 Å². The Morgan fingerprint density at radius 3 is 2.63 bits per heavy atom. The van der Waals surface area contributed by atoms with Crippen LogP contribution in [0, 0.1) is 0 Å². The van der Waals surface area contributed by atoms with Gasteiger partial charge in [-0.3, -0.25) is 4.79 Å². The number of hydrogen-bond donors (Lipinski definition) is 0. The minimum atomic E-state index is -3.15. The quantitative estimate of drug-likeness (QED) is 0.676. The highest BCUT2D eigenvalue weighted by Crippen LogP contribution is 2.31. The number of likely N-dealkylation sites (tertiary alicyclic amines) is 1. The van der Waals surface area contributed by atoms with Crippen LogP contribution in [-0.2, 0) is 21.2 Å². The van der Waals surface area contributed by atoms with Gasteiger partial charge >= 0.3 is 0 Å². The molecule has 4 rings (SSSR count). The Morgan fingerprint density at radius 2 is 1.97 bits per heavy atom. The van der Waals surface area contributed by atoms with E-state index in [-0.39, 0.29) is 17.7 Å². The highest BCUT2D eigenvalue weighted by Gasteiger charge is 2.36. The summed E-state index contributed by atoms with van der Waals surface area (Å²) in [5.41, 5.74) is 0.920. The van der Waals surface area contributed by atoms with Crippen LogP contribution in [0.1, 0.15) is 42.0 Å². The van der Waals surface area contributed by atoms with Crippen molar-refractivity contribution in [3.05, 3.63) is 41.5 Å². The second-order valence-electron chi connectivity index (χ2n) is 7.95. The van der Waals surface area contributed by atoms with Gasteiger partial charge in [0.15, 0.2) is 5.82 Å². The maximum atomic E-state index is 12.5. The van der Waals surface area contributed by atoms with Crippen molar-refractivity contribution in [2.75, 3.05) is 39.5 Å². The number of rotatable bonds is 6. The highest BCUT2D eigenvalue weighted by atomic mass is 32.2. The van der Waals surface area contributed by atoms with Crippen LogP contribution in [0.2, 0.25) is 0 Å². The summed E-state index contributed by atoms with van der Waals surface area (Å²) >= 11 is 0. The number of piperidine rings is 1. The van der Waals surface area contributed by atoms with E-state index in [1.165, 1.54) is 10.6 Å². The van der Waals surface area contributed by atoms with Gasteiger partial charge in [-0.05, 0) is 30.5 Å². The first kappa shape index (κ1) is 20.8. The zero-order valence-electron chi connectivity index (χ0n) is 17.2. The molecule has 0 spiro atoms. The van der Waals surface area contributed by atoms with Crippen LogP contribution in [0.4, 0.5) is 0 Å². The number of ether oxygens (including phenoxy) is 1. The first-order valence-electron chi connectivity index (χ1n) is 10.0. The molecule has 0 bridgehead atoms. The molecular weight excluding hydrogens is 408 g/mol. The molecule has 2 saturated heterocycles. The molecule has 162 valence electrons. The number of nitrogens with zero attached hydrogens (tertiary/aromatic N) is 4. The van der Waals surface area contributed by atoms with Crippen molar-refractivity contribution in [2.45, 2.75) is 31.1 Å². The van der Waals surface area contributed by atoms with Crippen LogP contribution in [0.25, 0.3) is 0 Å². The Hall–Kier alpha value is -2.46. The van der Waals surface area contributed by atoms with E-state index in [1.807, 2.05) is 24.3 Å². The minimum absolute atomic E-state index is 0.0524. The summed E-state index contributed by atoms with van der Waals surface area (Å²) in [6.45, 7) is 2.08. The summed E-state index contributed by atoms with van der Waals surface area (Å²) in [6.07, 6.45) is 2.93. The summed E-state index contributed by atoms with van der Waals surface area (Å²) in [4.78, 5) is 18.8. The van der Waals surface area contributed by atoms with E-state index < -0.39 is 10.0 Å². The molecule has 30 heavy (non-hydrogen) atoms. The molecule has 1 aromatic carbocycles. The van der Waals surface area contributed by atoms with Gasteiger partial charge in [0.25, 0.3) is 0 Å². The fraction of sp³-hybridized carbons (Fsp3) is 0.550. The molecule has 1 amide bonds. The van der Waals surface area contributed by atoms with Crippen molar-refractivity contribution in [3.8, 4) is 5.75 Å². The summed E-state index contributed by atoms with van der Waals surface area (Å²) in [5, 5.41) is 4.12. The molecule has 2 fully saturated rings. The first-order valence-corrected chi connectivity index (χ1v) is 11.9. The van der Waals surface area contributed by atoms with E-state index in [0.717, 1.165) is 11.3 Å². The van der Waals surface area contributed by atoms with Crippen molar-refractivity contribution < 1.29 is 22.5 Å². The SMILES string of the molecule is COc1cccc(CC(=O)N2CC(c3nc(C4CCN(S(C)(=O)=O)CC4)no3)C2)c1. The molecule has 2 aliphatic heterocycles. The largest absolute Gasteiger partial charge is 0.497 e. The number of hydrogen-bond acceptors (Lipinski definition) is 7. The van der Waals surface area contributed by atoms with Crippen LogP contribution < -0.4 is 4.74 Å². The van der Waals surface area contributed by atoms with Crippen molar-refractivity contribution in [2.24, 2.45) is 0 Å². The molecule has 2 aromatic rings. The number of carbonyl (C=O) groups excluding carboxylic acids is 1. The maximum Gasteiger partial charge on any atom is 0.233 e. The van der Waals surface area contributed by atoms with Crippen LogP contribution in [0.5, 0.6) is 5.75 Å². The van der Waals surface area contributed by atoms with Gasteiger partial charge in [-0.1, -0.05) is 17.3 Å². The molecule has 2 aliphatic rings. The van der Waals surface area contributed by atoms with Crippen LogP contribution in [-0.4, -0.2) is 73.2 Å². The second-order valence-corrected chi connectivity index (χ2v) is 9.93. The predicted molar refractivity (Wildman–Crippen MR) is 109 cm³/mol. The zero-order chi connectivity index (χ0) is 21.3. The normalized spacial score (nSPS) is 18.9. The summed E-state index contributed by atoms with van der Waals surface area (Å²) in [5.74, 6) is 2.15. The summed E-state index contributed by atoms with van der Waals surface area (Å²) in [7, 11) is -1.55. The molecule has 1 aromatic heterocycles. The fourth-order valence-corrected chi connectivity index (χ4v) is 4.81. The molecule has 3 heterocycles. The third-order valence-electron chi connectivity index (χ3n) is 5.82. The molecule has 0 saturated carbocycles. The van der Waals surface area contributed by atoms with Gasteiger partial charge < -0.3 is 14.2 Å². The number of sulfonamides is 1. The average molecular weight is 435 g/mol. The number of carbonyl (C=O) groups is 1. The monoisotopic (exact) mass is 434 g/mol. The second kappa shape index (κ2) is 8.35. The molecule has 10 heteroatoms. The van der Waals surface area contributed by atoms with Gasteiger partial charge in [0.05, 0.1) is 25.7 Å². The summed E-state index contributed by atoms with van der Waals surface area (Å²) in [6, 6.07) is 7.51. The summed E-state index contributed by atoms with van der Waals surface area (Å²) < 4.78 is 35.4. The highest BCUT2D eigenvalue weighted by molar-refractivity contribution is 7.88. The van der Waals surface area contributed by atoms with E-state index in [4.69, 9.17) is 9.26 Å². The van der Waals surface area contributed by atoms with Crippen molar-refractivity contribution in [3.63, 3.8) is 0 Å².